The molecular formula is C28H37NO2. The van der Waals surface area contributed by atoms with Crippen LogP contribution >= 0.6 is 0 Å². The van der Waals surface area contributed by atoms with Crippen LogP contribution in [0.25, 0.3) is 0 Å². The van der Waals surface area contributed by atoms with Crippen LogP contribution in [0.4, 0.5) is 0 Å². The summed E-state index contributed by atoms with van der Waals surface area (Å²) >= 11 is 0. The molecule has 3 aliphatic rings. The van der Waals surface area contributed by atoms with E-state index in [1.807, 2.05) is 6.07 Å². The van der Waals surface area contributed by atoms with Gasteiger partial charge in [0.05, 0.1) is 5.92 Å². The predicted octanol–water partition coefficient (Wildman–Crippen LogP) is 5.93. The Bertz CT molecular complexity index is 899. The number of likely N-dealkylation sites (tertiary alicyclic amines) is 1. The van der Waals surface area contributed by atoms with Crippen molar-refractivity contribution >= 4 is 11.7 Å². The standard InChI is InChI=1S/C28H37NO2/c1-26(2,3)20-17-28(18-21(24(20)30)27(4,5)6)22(19-13-9-7-10-14-19)23(28)25(31)29-15-11-8-12-16-29/h7,9-10,13-14,17-18,22-23H,8,11-12,15-16H2,1-6H3/t22-,23+/m0/s1. The fraction of sp³-hybridized carbons (Fsp3) is 0.571. The van der Waals surface area contributed by atoms with Gasteiger partial charge >= 0.3 is 0 Å². The quantitative estimate of drug-likeness (QED) is 0.596. The third-order valence-corrected chi connectivity index (χ3v) is 7.29. The van der Waals surface area contributed by atoms with E-state index < -0.39 is 5.41 Å². The van der Waals surface area contributed by atoms with Gasteiger partial charge in [0.1, 0.15) is 0 Å². The number of amides is 1. The first-order valence-corrected chi connectivity index (χ1v) is 11.8. The van der Waals surface area contributed by atoms with Crippen LogP contribution in [0.5, 0.6) is 0 Å². The van der Waals surface area contributed by atoms with Gasteiger partial charge in [-0.3, -0.25) is 9.59 Å². The topological polar surface area (TPSA) is 37.4 Å². The highest BCUT2D eigenvalue weighted by atomic mass is 16.2. The number of carbonyl (C=O) groups is 2. The third kappa shape index (κ3) is 3.81. The average molecular weight is 420 g/mol. The molecule has 0 unspecified atom stereocenters. The molecule has 2 fully saturated rings. The smallest absolute Gasteiger partial charge is 0.227 e. The third-order valence-electron chi connectivity index (χ3n) is 7.29. The Kier molecular flexibility index (Phi) is 5.31. The van der Waals surface area contributed by atoms with Crippen molar-refractivity contribution in [3.05, 3.63) is 59.2 Å². The maximum atomic E-state index is 13.8. The SMILES string of the molecule is CC(C)(C)C1=CC2(C=C(C(C)(C)C)C1=O)[C@@H](C(=O)N1CCCCC1)[C@@H]2c1ccccc1. The molecule has 1 spiro atoms. The van der Waals surface area contributed by atoms with Crippen LogP contribution in [-0.2, 0) is 9.59 Å². The van der Waals surface area contributed by atoms with Crippen molar-refractivity contribution in [2.24, 2.45) is 22.2 Å². The first-order chi connectivity index (χ1) is 14.5. The molecule has 166 valence electrons. The van der Waals surface area contributed by atoms with Crippen molar-refractivity contribution in [2.45, 2.75) is 66.7 Å². The van der Waals surface area contributed by atoms with Crippen LogP contribution in [0, 0.1) is 22.2 Å². The van der Waals surface area contributed by atoms with Crippen LogP contribution in [0.3, 0.4) is 0 Å². The molecule has 1 aromatic carbocycles. The van der Waals surface area contributed by atoms with Gasteiger partial charge in [-0.2, -0.15) is 0 Å². The lowest BCUT2D eigenvalue weighted by atomic mass is 9.69. The lowest BCUT2D eigenvalue weighted by Gasteiger charge is -2.34. The number of piperidine rings is 1. The van der Waals surface area contributed by atoms with E-state index in [9.17, 15) is 9.59 Å². The van der Waals surface area contributed by atoms with Gasteiger partial charge in [0, 0.05) is 35.6 Å². The number of nitrogens with zero attached hydrogens (tertiary/aromatic N) is 1. The van der Waals surface area contributed by atoms with Gasteiger partial charge in [0.2, 0.25) is 5.91 Å². The summed E-state index contributed by atoms with van der Waals surface area (Å²) in [6.45, 7) is 14.4. The molecule has 0 radical (unpaired) electrons. The second-order valence-electron chi connectivity index (χ2n) is 11.7. The van der Waals surface area contributed by atoms with Crippen LogP contribution in [0.1, 0.15) is 72.3 Å². The summed E-state index contributed by atoms with van der Waals surface area (Å²) in [4.78, 5) is 29.4. The Balaban J connectivity index is 1.86. The zero-order chi connectivity index (χ0) is 22.6. The average Bonchev–Trinajstić information content (AvgIpc) is 3.36. The molecular weight excluding hydrogens is 382 g/mol. The van der Waals surface area contributed by atoms with Crippen LogP contribution < -0.4 is 0 Å². The molecule has 0 aromatic heterocycles. The molecule has 3 nitrogen and oxygen atoms in total. The normalized spacial score (nSPS) is 25.9. The first kappa shape index (κ1) is 22.0. The first-order valence-electron chi connectivity index (χ1n) is 11.8. The van der Waals surface area contributed by atoms with E-state index in [1.54, 1.807) is 0 Å². The molecule has 0 bridgehead atoms. The molecule has 3 heteroatoms. The molecule has 1 saturated carbocycles. The molecule has 1 aliphatic heterocycles. The van der Waals surface area contributed by atoms with Gasteiger partial charge in [0.15, 0.2) is 5.78 Å². The van der Waals surface area contributed by atoms with Crippen LogP contribution in [-0.4, -0.2) is 29.7 Å². The Labute approximate surface area is 187 Å². The minimum Gasteiger partial charge on any atom is -0.342 e. The summed E-state index contributed by atoms with van der Waals surface area (Å²) in [6, 6.07) is 10.4. The summed E-state index contributed by atoms with van der Waals surface area (Å²) in [5.74, 6) is 0.368. The number of rotatable bonds is 2. The highest BCUT2D eigenvalue weighted by Gasteiger charge is 2.68. The molecule has 1 aromatic rings. The fourth-order valence-corrected chi connectivity index (χ4v) is 5.53. The summed E-state index contributed by atoms with van der Waals surface area (Å²) in [6.07, 6.45) is 7.74. The zero-order valence-corrected chi connectivity index (χ0v) is 20.0. The Morgan fingerprint density at radius 3 is 1.87 bits per heavy atom. The number of ketones is 1. The van der Waals surface area contributed by atoms with E-state index in [0.717, 1.165) is 37.1 Å². The lowest BCUT2D eigenvalue weighted by Crippen LogP contribution is -2.38. The monoisotopic (exact) mass is 419 g/mol. The molecule has 31 heavy (non-hydrogen) atoms. The molecule has 1 amide bonds. The van der Waals surface area contributed by atoms with E-state index in [0.29, 0.717) is 0 Å². The number of benzene rings is 1. The van der Waals surface area contributed by atoms with Crippen molar-refractivity contribution in [3.8, 4) is 0 Å². The number of hydrogen-bond donors (Lipinski definition) is 0. The van der Waals surface area contributed by atoms with E-state index >= 15 is 0 Å². The van der Waals surface area contributed by atoms with Gasteiger partial charge < -0.3 is 4.90 Å². The van der Waals surface area contributed by atoms with Crippen molar-refractivity contribution in [3.63, 3.8) is 0 Å². The molecule has 2 atom stereocenters. The lowest BCUT2D eigenvalue weighted by molar-refractivity contribution is -0.134. The summed E-state index contributed by atoms with van der Waals surface area (Å²) in [7, 11) is 0. The Hall–Kier alpha value is -2.16. The Morgan fingerprint density at radius 1 is 0.871 bits per heavy atom. The Morgan fingerprint density at radius 2 is 1.39 bits per heavy atom. The highest BCUT2D eigenvalue weighted by Crippen LogP contribution is 2.70. The molecule has 0 N–H and O–H groups in total. The number of carbonyl (C=O) groups excluding carboxylic acids is 2. The minimum atomic E-state index is -0.408. The predicted molar refractivity (Wildman–Crippen MR) is 126 cm³/mol. The van der Waals surface area contributed by atoms with Gasteiger partial charge in [-0.15, -0.1) is 0 Å². The van der Waals surface area contributed by atoms with Gasteiger partial charge in [-0.1, -0.05) is 84.0 Å². The van der Waals surface area contributed by atoms with E-state index in [2.05, 4.69) is 82.9 Å². The number of Topliss-reactive ketones (excluding diaryl/α,β-unsaturated/α-hetero) is 1. The summed E-state index contributed by atoms with van der Waals surface area (Å²) < 4.78 is 0. The maximum Gasteiger partial charge on any atom is 0.227 e. The van der Waals surface area contributed by atoms with Gasteiger partial charge in [-0.05, 0) is 35.7 Å². The van der Waals surface area contributed by atoms with E-state index in [1.165, 1.54) is 12.0 Å². The van der Waals surface area contributed by atoms with Crippen molar-refractivity contribution < 1.29 is 9.59 Å². The summed E-state index contributed by atoms with van der Waals surface area (Å²) in [5.41, 5.74) is 1.97. The maximum absolute atomic E-state index is 13.8. The van der Waals surface area contributed by atoms with Gasteiger partial charge in [0.25, 0.3) is 0 Å². The van der Waals surface area contributed by atoms with Crippen LogP contribution in [0.15, 0.2) is 53.6 Å². The molecule has 1 saturated heterocycles. The summed E-state index contributed by atoms with van der Waals surface area (Å²) in [5, 5.41) is 0. The number of hydrogen-bond acceptors (Lipinski definition) is 2. The zero-order valence-electron chi connectivity index (χ0n) is 20.0. The van der Waals surface area contributed by atoms with Crippen molar-refractivity contribution in [2.75, 3.05) is 13.1 Å². The second-order valence-corrected chi connectivity index (χ2v) is 11.7. The van der Waals surface area contributed by atoms with Crippen molar-refractivity contribution in [1.82, 2.24) is 4.90 Å². The number of allylic oxidation sites excluding steroid dienone is 4. The minimum absolute atomic E-state index is 0.0888. The highest BCUT2D eigenvalue weighted by molar-refractivity contribution is 6.11. The van der Waals surface area contributed by atoms with Crippen molar-refractivity contribution in [1.29, 1.82) is 0 Å². The fourth-order valence-electron chi connectivity index (χ4n) is 5.53. The molecule has 4 rings (SSSR count). The molecule has 2 aliphatic carbocycles. The van der Waals surface area contributed by atoms with E-state index in [-0.39, 0.29) is 34.4 Å². The van der Waals surface area contributed by atoms with Crippen LogP contribution in [0.2, 0.25) is 0 Å². The largest absolute Gasteiger partial charge is 0.342 e. The van der Waals surface area contributed by atoms with E-state index in [4.69, 9.17) is 0 Å². The molecule has 1 heterocycles. The second kappa shape index (κ2) is 7.46. The van der Waals surface area contributed by atoms with Gasteiger partial charge in [-0.25, -0.2) is 0 Å².